The minimum absolute atomic E-state index is 0.169. The molecule has 1 saturated carbocycles. The molecule has 0 aromatic carbocycles. The highest BCUT2D eigenvalue weighted by atomic mass is 16.5. The Bertz CT molecular complexity index is 268. The van der Waals surface area contributed by atoms with Crippen LogP contribution in [0.1, 0.15) is 38.5 Å². The standard InChI is InChI=1S/C14H25NO3/c1-17-10-4-5-13(16)14(6-2-3-7-14)15-8-11-18-12-9-15/h2-12H2,1H3. The summed E-state index contributed by atoms with van der Waals surface area (Å²) in [6.45, 7) is 4.05. The third kappa shape index (κ3) is 2.92. The van der Waals surface area contributed by atoms with E-state index in [9.17, 15) is 4.79 Å². The SMILES string of the molecule is COCCCC(=O)C1(N2CCOCC2)CCCC1. The highest BCUT2D eigenvalue weighted by molar-refractivity contribution is 5.88. The molecule has 4 nitrogen and oxygen atoms in total. The van der Waals surface area contributed by atoms with Gasteiger partial charge in [-0.1, -0.05) is 12.8 Å². The van der Waals surface area contributed by atoms with Crippen LogP contribution in [0.4, 0.5) is 0 Å². The van der Waals surface area contributed by atoms with Crippen LogP contribution < -0.4 is 0 Å². The zero-order chi connectivity index (χ0) is 12.8. The van der Waals surface area contributed by atoms with Crippen LogP contribution in [0.2, 0.25) is 0 Å². The van der Waals surface area contributed by atoms with Crippen molar-refractivity contribution in [2.24, 2.45) is 0 Å². The Morgan fingerprint density at radius 1 is 1.28 bits per heavy atom. The van der Waals surface area contributed by atoms with Crippen LogP contribution >= 0.6 is 0 Å². The van der Waals surface area contributed by atoms with Gasteiger partial charge < -0.3 is 9.47 Å². The van der Waals surface area contributed by atoms with E-state index in [2.05, 4.69) is 4.90 Å². The van der Waals surface area contributed by atoms with Gasteiger partial charge in [0.15, 0.2) is 5.78 Å². The molecule has 0 bridgehead atoms. The van der Waals surface area contributed by atoms with Gasteiger partial charge in [-0.05, 0) is 19.3 Å². The fraction of sp³-hybridized carbons (Fsp3) is 0.929. The molecule has 2 aliphatic rings. The summed E-state index contributed by atoms with van der Waals surface area (Å²) in [7, 11) is 1.69. The lowest BCUT2D eigenvalue weighted by Crippen LogP contribution is -2.56. The van der Waals surface area contributed by atoms with E-state index in [0.717, 1.165) is 45.6 Å². The summed E-state index contributed by atoms with van der Waals surface area (Å²) in [5.41, 5.74) is -0.169. The Hall–Kier alpha value is -0.450. The van der Waals surface area contributed by atoms with Gasteiger partial charge in [0, 0.05) is 33.2 Å². The number of hydrogen-bond donors (Lipinski definition) is 0. The molecule has 0 aromatic heterocycles. The van der Waals surface area contributed by atoms with Crippen LogP contribution in [0.15, 0.2) is 0 Å². The summed E-state index contributed by atoms with van der Waals surface area (Å²) in [5.74, 6) is 0.430. The molecule has 1 heterocycles. The summed E-state index contributed by atoms with van der Waals surface area (Å²) in [4.78, 5) is 15.0. The minimum Gasteiger partial charge on any atom is -0.385 e. The number of ketones is 1. The van der Waals surface area contributed by atoms with E-state index in [0.29, 0.717) is 18.8 Å². The van der Waals surface area contributed by atoms with Crippen LogP contribution in [0, 0.1) is 0 Å². The molecule has 0 N–H and O–H groups in total. The van der Waals surface area contributed by atoms with Crippen molar-refractivity contribution in [1.82, 2.24) is 4.90 Å². The molecular weight excluding hydrogens is 230 g/mol. The second-order valence-corrected chi connectivity index (χ2v) is 5.36. The van der Waals surface area contributed by atoms with Crippen molar-refractivity contribution in [3.05, 3.63) is 0 Å². The maximum atomic E-state index is 12.6. The van der Waals surface area contributed by atoms with Crippen LogP contribution in [-0.2, 0) is 14.3 Å². The average molecular weight is 255 g/mol. The summed E-state index contributed by atoms with van der Waals surface area (Å²) in [6, 6.07) is 0. The zero-order valence-corrected chi connectivity index (χ0v) is 11.5. The number of carbonyl (C=O) groups excluding carboxylic acids is 1. The zero-order valence-electron chi connectivity index (χ0n) is 11.5. The molecule has 2 rings (SSSR count). The van der Waals surface area contributed by atoms with E-state index in [1.165, 1.54) is 12.8 Å². The van der Waals surface area contributed by atoms with Gasteiger partial charge in [0.2, 0.25) is 0 Å². The van der Waals surface area contributed by atoms with Crippen LogP contribution in [-0.4, -0.2) is 56.2 Å². The third-order valence-electron chi connectivity index (χ3n) is 4.32. The van der Waals surface area contributed by atoms with Crippen LogP contribution in [0.25, 0.3) is 0 Å². The van der Waals surface area contributed by atoms with E-state index >= 15 is 0 Å². The van der Waals surface area contributed by atoms with Crippen molar-refractivity contribution < 1.29 is 14.3 Å². The first-order valence-electron chi connectivity index (χ1n) is 7.15. The molecular formula is C14H25NO3. The molecule has 104 valence electrons. The van der Waals surface area contributed by atoms with Gasteiger partial charge in [0.1, 0.15) is 0 Å². The molecule has 0 unspecified atom stereocenters. The van der Waals surface area contributed by atoms with E-state index < -0.39 is 0 Å². The third-order valence-corrected chi connectivity index (χ3v) is 4.32. The van der Waals surface area contributed by atoms with Crippen molar-refractivity contribution in [3.63, 3.8) is 0 Å². The lowest BCUT2D eigenvalue weighted by Gasteiger charge is -2.42. The van der Waals surface area contributed by atoms with Gasteiger partial charge in [0.25, 0.3) is 0 Å². The maximum absolute atomic E-state index is 12.6. The minimum atomic E-state index is -0.169. The Kier molecular flexibility index (Phi) is 5.15. The second kappa shape index (κ2) is 6.64. The molecule has 0 amide bonds. The molecule has 0 spiro atoms. The van der Waals surface area contributed by atoms with Crippen molar-refractivity contribution in [1.29, 1.82) is 0 Å². The smallest absolute Gasteiger partial charge is 0.153 e. The Balaban J connectivity index is 1.98. The van der Waals surface area contributed by atoms with Gasteiger partial charge in [-0.2, -0.15) is 0 Å². The topological polar surface area (TPSA) is 38.8 Å². The monoisotopic (exact) mass is 255 g/mol. The number of ether oxygens (including phenoxy) is 2. The molecule has 0 radical (unpaired) electrons. The molecule has 0 aromatic rings. The van der Waals surface area contributed by atoms with Crippen molar-refractivity contribution in [2.75, 3.05) is 40.0 Å². The highest BCUT2D eigenvalue weighted by Crippen LogP contribution is 2.37. The predicted octanol–water partition coefficient (Wildman–Crippen LogP) is 1.63. The molecule has 1 aliphatic heterocycles. The molecule has 18 heavy (non-hydrogen) atoms. The van der Waals surface area contributed by atoms with Gasteiger partial charge in [-0.25, -0.2) is 0 Å². The van der Waals surface area contributed by atoms with Gasteiger partial charge in [0.05, 0.1) is 18.8 Å². The predicted molar refractivity (Wildman–Crippen MR) is 69.7 cm³/mol. The summed E-state index contributed by atoms with van der Waals surface area (Å²) >= 11 is 0. The second-order valence-electron chi connectivity index (χ2n) is 5.36. The van der Waals surface area contributed by atoms with E-state index in [1.54, 1.807) is 7.11 Å². The Morgan fingerprint density at radius 3 is 2.56 bits per heavy atom. The van der Waals surface area contributed by atoms with Crippen LogP contribution in [0.3, 0.4) is 0 Å². The average Bonchev–Trinajstić information content (AvgIpc) is 2.90. The lowest BCUT2D eigenvalue weighted by molar-refractivity contribution is -0.134. The van der Waals surface area contributed by atoms with Gasteiger partial charge >= 0.3 is 0 Å². The molecule has 0 atom stereocenters. The number of Topliss-reactive ketones (excluding diaryl/α,β-unsaturated/α-hetero) is 1. The van der Waals surface area contributed by atoms with Crippen LogP contribution in [0.5, 0.6) is 0 Å². The molecule has 1 aliphatic carbocycles. The molecule has 4 heteroatoms. The lowest BCUT2D eigenvalue weighted by atomic mass is 9.87. The summed E-state index contributed by atoms with van der Waals surface area (Å²) < 4.78 is 10.5. The van der Waals surface area contributed by atoms with E-state index in [1.807, 2.05) is 0 Å². The first-order valence-corrected chi connectivity index (χ1v) is 7.15. The Labute approximate surface area is 110 Å². The van der Waals surface area contributed by atoms with Crippen molar-refractivity contribution in [2.45, 2.75) is 44.1 Å². The fourth-order valence-corrected chi connectivity index (χ4v) is 3.33. The van der Waals surface area contributed by atoms with Gasteiger partial charge in [-0.15, -0.1) is 0 Å². The Morgan fingerprint density at radius 2 is 1.94 bits per heavy atom. The number of hydrogen-bond acceptors (Lipinski definition) is 4. The van der Waals surface area contributed by atoms with Crippen molar-refractivity contribution >= 4 is 5.78 Å². The van der Waals surface area contributed by atoms with Gasteiger partial charge in [-0.3, -0.25) is 9.69 Å². The number of morpholine rings is 1. The first kappa shape index (κ1) is 14.0. The van der Waals surface area contributed by atoms with Crippen molar-refractivity contribution in [3.8, 4) is 0 Å². The summed E-state index contributed by atoms with van der Waals surface area (Å²) in [6.07, 6.45) is 5.96. The highest BCUT2D eigenvalue weighted by Gasteiger charge is 2.45. The largest absolute Gasteiger partial charge is 0.385 e. The fourth-order valence-electron chi connectivity index (χ4n) is 3.33. The maximum Gasteiger partial charge on any atom is 0.153 e. The van der Waals surface area contributed by atoms with E-state index in [-0.39, 0.29) is 5.54 Å². The first-order chi connectivity index (χ1) is 8.79. The number of nitrogens with zero attached hydrogens (tertiary/aromatic N) is 1. The number of methoxy groups -OCH3 is 1. The summed E-state index contributed by atoms with van der Waals surface area (Å²) in [5, 5.41) is 0. The van der Waals surface area contributed by atoms with E-state index in [4.69, 9.17) is 9.47 Å². The quantitative estimate of drug-likeness (QED) is 0.676. The molecule has 1 saturated heterocycles. The number of carbonyl (C=O) groups is 1. The normalized spacial score (nSPS) is 24.3. The number of rotatable bonds is 6. The molecule has 2 fully saturated rings.